The van der Waals surface area contributed by atoms with Crippen molar-refractivity contribution in [2.24, 2.45) is 7.05 Å². The van der Waals surface area contributed by atoms with Gasteiger partial charge in [0.25, 0.3) is 0 Å². The Morgan fingerprint density at radius 2 is 2.06 bits per heavy atom. The SMILES string of the molecule is CCOC(=O)c1c(C)cn(C)c1C1CCCCC1. The fraction of sp³-hybridized carbons (Fsp3) is 0.667. The molecular weight excluding hydrogens is 226 g/mol. The van der Waals surface area contributed by atoms with Crippen molar-refractivity contribution in [2.45, 2.75) is 51.9 Å². The molecule has 0 atom stereocenters. The molecule has 0 amide bonds. The lowest BCUT2D eigenvalue weighted by Crippen LogP contribution is -2.15. The topological polar surface area (TPSA) is 31.2 Å². The molecule has 1 aliphatic rings. The van der Waals surface area contributed by atoms with Crippen molar-refractivity contribution in [3.63, 3.8) is 0 Å². The summed E-state index contributed by atoms with van der Waals surface area (Å²) in [6.07, 6.45) is 8.33. The molecule has 1 fully saturated rings. The van der Waals surface area contributed by atoms with Gasteiger partial charge >= 0.3 is 5.97 Å². The lowest BCUT2D eigenvalue weighted by Gasteiger charge is -2.23. The average molecular weight is 249 g/mol. The van der Waals surface area contributed by atoms with Gasteiger partial charge in [0.1, 0.15) is 0 Å². The minimum Gasteiger partial charge on any atom is -0.462 e. The van der Waals surface area contributed by atoms with E-state index >= 15 is 0 Å². The lowest BCUT2D eigenvalue weighted by molar-refractivity contribution is 0.0523. The molecule has 18 heavy (non-hydrogen) atoms. The molecule has 0 unspecified atom stereocenters. The fourth-order valence-electron chi connectivity index (χ4n) is 3.14. The Morgan fingerprint density at radius 3 is 2.67 bits per heavy atom. The Morgan fingerprint density at radius 1 is 1.39 bits per heavy atom. The van der Waals surface area contributed by atoms with Gasteiger partial charge in [-0.3, -0.25) is 0 Å². The summed E-state index contributed by atoms with van der Waals surface area (Å²) in [5, 5.41) is 0. The van der Waals surface area contributed by atoms with Gasteiger partial charge in [-0.25, -0.2) is 4.79 Å². The Hall–Kier alpha value is -1.25. The first-order valence-electron chi connectivity index (χ1n) is 6.98. The summed E-state index contributed by atoms with van der Waals surface area (Å²) < 4.78 is 7.32. The number of carbonyl (C=O) groups is 1. The van der Waals surface area contributed by atoms with Crippen molar-refractivity contribution in [3.8, 4) is 0 Å². The minimum atomic E-state index is -0.156. The van der Waals surface area contributed by atoms with E-state index in [9.17, 15) is 4.79 Å². The van der Waals surface area contributed by atoms with Crippen LogP contribution in [0.5, 0.6) is 0 Å². The first kappa shape index (κ1) is 13.2. The highest BCUT2D eigenvalue weighted by atomic mass is 16.5. The molecule has 1 heterocycles. The second kappa shape index (κ2) is 5.59. The van der Waals surface area contributed by atoms with Crippen LogP contribution in [0.1, 0.15) is 66.6 Å². The first-order chi connectivity index (χ1) is 8.65. The Bertz CT molecular complexity index is 428. The quantitative estimate of drug-likeness (QED) is 0.767. The normalized spacial score (nSPS) is 16.8. The van der Waals surface area contributed by atoms with E-state index in [0.29, 0.717) is 12.5 Å². The van der Waals surface area contributed by atoms with E-state index in [1.54, 1.807) is 0 Å². The molecule has 2 rings (SSSR count). The van der Waals surface area contributed by atoms with Crippen LogP contribution in [0.25, 0.3) is 0 Å². The number of esters is 1. The van der Waals surface area contributed by atoms with Crippen LogP contribution in [0.4, 0.5) is 0 Å². The van der Waals surface area contributed by atoms with Gasteiger partial charge in [-0.2, -0.15) is 0 Å². The van der Waals surface area contributed by atoms with Crippen molar-refractivity contribution in [3.05, 3.63) is 23.0 Å². The fourth-order valence-corrected chi connectivity index (χ4v) is 3.14. The third-order valence-electron chi connectivity index (χ3n) is 3.89. The highest BCUT2D eigenvalue weighted by molar-refractivity contribution is 5.92. The van der Waals surface area contributed by atoms with Crippen LogP contribution in [-0.2, 0) is 11.8 Å². The summed E-state index contributed by atoms with van der Waals surface area (Å²) in [4.78, 5) is 12.1. The summed E-state index contributed by atoms with van der Waals surface area (Å²) >= 11 is 0. The number of rotatable bonds is 3. The van der Waals surface area contributed by atoms with E-state index in [1.165, 1.54) is 37.8 Å². The van der Waals surface area contributed by atoms with Gasteiger partial charge in [0.15, 0.2) is 0 Å². The number of hydrogen-bond donors (Lipinski definition) is 0. The summed E-state index contributed by atoms with van der Waals surface area (Å²) in [7, 11) is 2.04. The van der Waals surface area contributed by atoms with Crippen LogP contribution in [0.3, 0.4) is 0 Å². The number of carbonyl (C=O) groups excluding carboxylic acids is 1. The zero-order chi connectivity index (χ0) is 13.1. The van der Waals surface area contributed by atoms with Crippen LogP contribution in [0, 0.1) is 6.92 Å². The van der Waals surface area contributed by atoms with Crippen LogP contribution in [-0.4, -0.2) is 17.1 Å². The van der Waals surface area contributed by atoms with Crippen molar-refractivity contribution in [1.29, 1.82) is 0 Å². The minimum absolute atomic E-state index is 0.156. The largest absolute Gasteiger partial charge is 0.462 e. The molecule has 1 aromatic rings. The molecule has 1 saturated carbocycles. The summed E-state index contributed by atoms with van der Waals surface area (Å²) in [6.45, 7) is 4.30. The van der Waals surface area contributed by atoms with Crippen molar-refractivity contribution < 1.29 is 9.53 Å². The van der Waals surface area contributed by atoms with Gasteiger partial charge in [0, 0.05) is 24.9 Å². The third-order valence-corrected chi connectivity index (χ3v) is 3.89. The number of aromatic nitrogens is 1. The number of aryl methyl sites for hydroxylation is 2. The van der Waals surface area contributed by atoms with Crippen molar-refractivity contribution in [1.82, 2.24) is 4.57 Å². The van der Waals surface area contributed by atoms with E-state index in [4.69, 9.17) is 4.74 Å². The zero-order valence-corrected chi connectivity index (χ0v) is 11.7. The van der Waals surface area contributed by atoms with E-state index in [2.05, 4.69) is 10.8 Å². The van der Waals surface area contributed by atoms with Crippen LogP contribution < -0.4 is 0 Å². The maximum atomic E-state index is 12.1. The van der Waals surface area contributed by atoms with Crippen LogP contribution in [0.15, 0.2) is 6.20 Å². The summed E-state index contributed by atoms with van der Waals surface area (Å²) in [5.74, 6) is 0.369. The molecule has 3 heteroatoms. The molecule has 1 aliphatic carbocycles. The Kier molecular flexibility index (Phi) is 4.10. The van der Waals surface area contributed by atoms with Gasteiger partial charge in [-0.15, -0.1) is 0 Å². The van der Waals surface area contributed by atoms with E-state index in [1.807, 2.05) is 20.9 Å². The van der Waals surface area contributed by atoms with Crippen LogP contribution >= 0.6 is 0 Å². The maximum Gasteiger partial charge on any atom is 0.340 e. The standard InChI is InChI=1S/C15H23NO2/c1-4-18-15(17)13-11(2)10-16(3)14(13)12-8-6-5-7-9-12/h10,12H,4-9H2,1-3H3. The summed E-state index contributed by atoms with van der Waals surface area (Å²) in [5.41, 5.74) is 3.04. The van der Waals surface area contributed by atoms with Gasteiger partial charge in [-0.1, -0.05) is 19.3 Å². The smallest absolute Gasteiger partial charge is 0.340 e. The second-order valence-corrected chi connectivity index (χ2v) is 5.24. The molecule has 0 spiro atoms. The molecule has 1 aromatic heterocycles. The number of ether oxygens (including phenoxy) is 1. The molecular formula is C15H23NO2. The zero-order valence-electron chi connectivity index (χ0n) is 11.7. The molecule has 0 aliphatic heterocycles. The van der Waals surface area contributed by atoms with Crippen molar-refractivity contribution >= 4 is 5.97 Å². The van der Waals surface area contributed by atoms with Gasteiger partial charge in [0.2, 0.25) is 0 Å². The highest BCUT2D eigenvalue weighted by Crippen LogP contribution is 2.36. The molecule has 0 bridgehead atoms. The van der Waals surface area contributed by atoms with E-state index < -0.39 is 0 Å². The van der Waals surface area contributed by atoms with Crippen molar-refractivity contribution in [2.75, 3.05) is 6.61 Å². The first-order valence-corrected chi connectivity index (χ1v) is 6.98. The predicted molar refractivity (Wildman–Crippen MR) is 71.9 cm³/mol. The molecule has 0 saturated heterocycles. The molecule has 0 aromatic carbocycles. The molecule has 3 nitrogen and oxygen atoms in total. The average Bonchev–Trinajstić information content (AvgIpc) is 2.65. The number of hydrogen-bond acceptors (Lipinski definition) is 2. The van der Waals surface area contributed by atoms with Gasteiger partial charge in [0.05, 0.1) is 12.2 Å². The van der Waals surface area contributed by atoms with Gasteiger partial charge in [-0.05, 0) is 32.3 Å². The second-order valence-electron chi connectivity index (χ2n) is 5.24. The lowest BCUT2D eigenvalue weighted by atomic mass is 9.85. The monoisotopic (exact) mass is 249 g/mol. The molecule has 0 N–H and O–H groups in total. The predicted octanol–water partition coefficient (Wildman–Crippen LogP) is 3.56. The molecule has 0 radical (unpaired) electrons. The Labute approximate surface area is 109 Å². The third kappa shape index (κ3) is 2.45. The number of nitrogens with zero attached hydrogens (tertiary/aromatic N) is 1. The molecule has 100 valence electrons. The van der Waals surface area contributed by atoms with Gasteiger partial charge < -0.3 is 9.30 Å². The highest BCUT2D eigenvalue weighted by Gasteiger charge is 2.26. The van der Waals surface area contributed by atoms with Crippen LogP contribution in [0.2, 0.25) is 0 Å². The maximum absolute atomic E-state index is 12.1. The van der Waals surface area contributed by atoms with E-state index in [0.717, 1.165) is 11.1 Å². The summed E-state index contributed by atoms with van der Waals surface area (Å²) in [6, 6.07) is 0. The Balaban J connectivity index is 2.35. The van der Waals surface area contributed by atoms with E-state index in [-0.39, 0.29) is 5.97 Å².